The van der Waals surface area contributed by atoms with Gasteiger partial charge in [-0.15, -0.1) is 0 Å². The molecule has 0 spiro atoms. The lowest BCUT2D eigenvalue weighted by atomic mass is 10.0. The first-order valence-corrected chi connectivity index (χ1v) is 10.8. The molecule has 3 aromatic rings. The van der Waals surface area contributed by atoms with Crippen molar-refractivity contribution in [2.75, 3.05) is 31.9 Å². The van der Waals surface area contributed by atoms with E-state index in [1.807, 2.05) is 30.3 Å². The summed E-state index contributed by atoms with van der Waals surface area (Å²) >= 11 is 0. The topological polar surface area (TPSA) is 93.2 Å². The Morgan fingerprint density at radius 1 is 1.18 bits per heavy atom. The van der Waals surface area contributed by atoms with E-state index in [0.29, 0.717) is 35.1 Å². The Balaban J connectivity index is 1.60. The lowest BCUT2D eigenvalue weighted by Gasteiger charge is -2.20. The van der Waals surface area contributed by atoms with Crippen LogP contribution in [0.5, 0.6) is 23.0 Å². The molecule has 0 bridgehead atoms. The number of phenols is 1. The molecule has 2 aliphatic heterocycles. The van der Waals surface area contributed by atoms with E-state index in [1.165, 1.54) is 6.92 Å². The van der Waals surface area contributed by atoms with Crippen LogP contribution in [0.1, 0.15) is 13.3 Å². The van der Waals surface area contributed by atoms with Crippen LogP contribution >= 0.6 is 0 Å². The van der Waals surface area contributed by atoms with Gasteiger partial charge in [0.25, 0.3) is 0 Å². The second kappa shape index (κ2) is 8.54. The number of para-hydroxylation sites is 1. The minimum absolute atomic E-state index is 0.0376. The van der Waals surface area contributed by atoms with Crippen molar-refractivity contribution in [3.05, 3.63) is 48.5 Å². The zero-order valence-electron chi connectivity index (χ0n) is 18.5. The van der Waals surface area contributed by atoms with Crippen LogP contribution in [-0.4, -0.2) is 49.0 Å². The lowest BCUT2D eigenvalue weighted by Crippen LogP contribution is -2.35. The maximum atomic E-state index is 11.5. The van der Waals surface area contributed by atoms with Crippen LogP contribution in [0, 0.1) is 0 Å². The number of aromatic hydroxyl groups is 1. The van der Waals surface area contributed by atoms with E-state index in [2.05, 4.69) is 10.2 Å². The van der Waals surface area contributed by atoms with E-state index in [0.717, 1.165) is 29.9 Å². The van der Waals surface area contributed by atoms with Gasteiger partial charge in [-0.25, -0.2) is 4.98 Å². The fourth-order valence-corrected chi connectivity index (χ4v) is 4.36. The number of carbonyl (C=O) groups is 1. The Kier molecular flexibility index (Phi) is 5.42. The van der Waals surface area contributed by atoms with Crippen LogP contribution in [-0.2, 0) is 4.79 Å². The van der Waals surface area contributed by atoms with Crippen LogP contribution in [0.3, 0.4) is 0 Å². The number of rotatable bonds is 5. The second-order valence-corrected chi connectivity index (χ2v) is 8.15. The molecule has 0 radical (unpaired) electrons. The van der Waals surface area contributed by atoms with Gasteiger partial charge in [0.1, 0.15) is 17.3 Å². The molecule has 0 saturated carbocycles. The maximum absolute atomic E-state index is 11.5. The van der Waals surface area contributed by atoms with Crippen molar-refractivity contribution in [1.29, 1.82) is 0 Å². The molecule has 1 amide bonds. The SMILES string of the molecule is COc1ccc(-c2cc(-c3cccc4c3OCO4)cc(N3CCC(NC(C)=O)C3)n2)c(O)c1. The fourth-order valence-electron chi connectivity index (χ4n) is 4.36. The molecule has 2 aliphatic rings. The van der Waals surface area contributed by atoms with Crippen molar-refractivity contribution in [3.8, 4) is 45.4 Å². The molecule has 2 aromatic carbocycles. The van der Waals surface area contributed by atoms with Crippen LogP contribution in [0.4, 0.5) is 5.82 Å². The minimum atomic E-state index is -0.0376. The number of amides is 1. The molecule has 0 aliphatic carbocycles. The van der Waals surface area contributed by atoms with Crippen molar-refractivity contribution in [2.45, 2.75) is 19.4 Å². The normalized spacial score (nSPS) is 16.7. The number of hydrogen-bond donors (Lipinski definition) is 2. The standard InChI is InChI=1S/C25H25N3O5/c1-15(29)26-17-8-9-28(13-17)24-11-16(19-4-3-5-23-25(19)33-14-32-23)10-21(27-24)20-7-6-18(31-2)12-22(20)30/h3-7,10-12,17,30H,8-9,13-14H2,1-2H3,(H,26,29). The van der Waals surface area contributed by atoms with Gasteiger partial charge in [0, 0.05) is 43.2 Å². The number of carbonyl (C=O) groups excluding carboxylic acids is 1. The van der Waals surface area contributed by atoms with Gasteiger partial charge < -0.3 is 29.5 Å². The number of aromatic nitrogens is 1. The Morgan fingerprint density at radius 2 is 2.06 bits per heavy atom. The number of benzene rings is 2. The number of anilines is 1. The Bertz CT molecular complexity index is 1210. The van der Waals surface area contributed by atoms with Crippen LogP contribution < -0.4 is 24.4 Å². The summed E-state index contributed by atoms with van der Waals surface area (Å²) in [6.07, 6.45) is 0.840. The average Bonchev–Trinajstić information content (AvgIpc) is 3.47. The highest BCUT2D eigenvalue weighted by Gasteiger charge is 2.26. The highest BCUT2D eigenvalue weighted by Crippen LogP contribution is 2.43. The minimum Gasteiger partial charge on any atom is -0.507 e. The third kappa shape index (κ3) is 4.11. The van der Waals surface area contributed by atoms with E-state index >= 15 is 0 Å². The molecule has 8 nitrogen and oxygen atoms in total. The van der Waals surface area contributed by atoms with Gasteiger partial charge in [-0.05, 0) is 42.3 Å². The predicted octanol–water partition coefficient (Wildman–Crippen LogP) is 3.57. The summed E-state index contributed by atoms with van der Waals surface area (Å²) in [5.74, 6) is 2.77. The molecule has 5 rings (SSSR count). The first-order chi connectivity index (χ1) is 16.0. The Morgan fingerprint density at radius 3 is 2.85 bits per heavy atom. The lowest BCUT2D eigenvalue weighted by molar-refractivity contribution is -0.119. The molecule has 1 atom stereocenters. The molecular weight excluding hydrogens is 422 g/mol. The maximum Gasteiger partial charge on any atom is 0.231 e. The molecule has 1 fully saturated rings. The summed E-state index contributed by atoms with van der Waals surface area (Å²) in [7, 11) is 1.56. The van der Waals surface area contributed by atoms with Crippen molar-refractivity contribution in [2.24, 2.45) is 0 Å². The van der Waals surface area contributed by atoms with Gasteiger partial charge in [0.2, 0.25) is 12.7 Å². The third-order valence-corrected chi connectivity index (χ3v) is 5.92. The second-order valence-electron chi connectivity index (χ2n) is 8.15. The number of phenolic OH excluding ortho intramolecular Hbond substituents is 1. The quantitative estimate of drug-likeness (QED) is 0.618. The molecule has 2 N–H and O–H groups in total. The van der Waals surface area contributed by atoms with E-state index in [9.17, 15) is 9.90 Å². The summed E-state index contributed by atoms with van der Waals surface area (Å²) < 4.78 is 16.5. The van der Waals surface area contributed by atoms with Crippen LogP contribution in [0.15, 0.2) is 48.5 Å². The number of pyridine rings is 1. The first-order valence-electron chi connectivity index (χ1n) is 10.8. The van der Waals surface area contributed by atoms with Crippen molar-refractivity contribution in [1.82, 2.24) is 10.3 Å². The summed E-state index contributed by atoms with van der Waals surface area (Å²) in [6, 6.07) is 15.0. The van der Waals surface area contributed by atoms with E-state index in [-0.39, 0.29) is 24.5 Å². The van der Waals surface area contributed by atoms with Gasteiger partial charge in [0.15, 0.2) is 11.5 Å². The Hall–Kier alpha value is -3.94. The third-order valence-electron chi connectivity index (χ3n) is 5.92. The van der Waals surface area contributed by atoms with Gasteiger partial charge in [-0.2, -0.15) is 0 Å². The monoisotopic (exact) mass is 447 g/mol. The largest absolute Gasteiger partial charge is 0.507 e. The molecule has 8 heteroatoms. The van der Waals surface area contributed by atoms with Crippen LogP contribution in [0.25, 0.3) is 22.4 Å². The number of nitrogens with one attached hydrogen (secondary N) is 1. The summed E-state index contributed by atoms with van der Waals surface area (Å²) in [5, 5.41) is 13.7. The van der Waals surface area contributed by atoms with Gasteiger partial charge >= 0.3 is 0 Å². The molecule has 1 unspecified atom stereocenters. The number of fused-ring (bicyclic) bond motifs is 1. The zero-order chi connectivity index (χ0) is 22.9. The number of nitrogens with zero attached hydrogens (tertiary/aromatic N) is 2. The number of hydrogen-bond acceptors (Lipinski definition) is 7. The molecule has 3 heterocycles. The summed E-state index contributed by atoms with van der Waals surface area (Å²) in [4.78, 5) is 18.5. The van der Waals surface area contributed by atoms with Gasteiger partial charge in [-0.1, -0.05) is 12.1 Å². The van der Waals surface area contributed by atoms with Gasteiger partial charge in [0.05, 0.1) is 12.8 Å². The number of methoxy groups -OCH3 is 1. The predicted molar refractivity (Wildman–Crippen MR) is 124 cm³/mol. The Labute approximate surface area is 191 Å². The van der Waals surface area contributed by atoms with E-state index in [1.54, 1.807) is 25.3 Å². The molecular formula is C25H25N3O5. The van der Waals surface area contributed by atoms with Crippen LogP contribution in [0.2, 0.25) is 0 Å². The van der Waals surface area contributed by atoms with Gasteiger partial charge in [-0.3, -0.25) is 4.79 Å². The van der Waals surface area contributed by atoms with Crippen molar-refractivity contribution >= 4 is 11.7 Å². The average molecular weight is 447 g/mol. The molecule has 1 aromatic heterocycles. The zero-order valence-corrected chi connectivity index (χ0v) is 18.5. The van der Waals surface area contributed by atoms with E-state index < -0.39 is 0 Å². The molecule has 1 saturated heterocycles. The summed E-state index contributed by atoms with van der Waals surface area (Å²) in [5.41, 5.74) is 3.01. The highest BCUT2D eigenvalue weighted by atomic mass is 16.7. The molecule has 170 valence electrons. The highest BCUT2D eigenvalue weighted by molar-refractivity contribution is 5.81. The van der Waals surface area contributed by atoms with E-state index in [4.69, 9.17) is 19.2 Å². The molecule has 33 heavy (non-hydrogen) atoms. The number of ether oxygens (including phenoxy) is 3. The van der Waals surface area contributed by atoms with Crippen molar-refractivity contribution < 1.29 is 24.1 Å². The first kappa shape index (κ1) is 20.9. The fraction of sp³-hybridized carbons (Fsp3) is 0.280. The summed E-state index contributed by atoms with van der Waals surface area (Å²) in [6.45, 7) is 3.14. The smallest absolute Gasteiger partial charge is 0.231 e. The van der Waals surface area contributed by atoms with Crippen molar-refractivity contribution in [3.63, 3.8) is 0 Å².